The summed E-state index contributed by atoms with van der Waals surface area (Å²) in [5, 5.41) is 6.88. The summed E-state index contributed by atoms with van der Waals surface area (Å²) in [5.41, 5.74) is 4.10. The van der Waals surface area contributed by atoms with Crippen LogP contribution in [-0.4, -0.2) is 24.6 Å². The van der Waals surface area contributed by atoms with E-state index < -0.39 is 0 Å². The van der Waals surface area contributed by atoms with Gasteiger partial charge in [-0.3, -0.25) is 0 Å². The van der Waals surface area contributed by atoms with Gasteiger partial charge in [-0.15, -0.1) is 11.3 Å². The Bertz CT molecular complexity index is 593. The number of hydrogen-bond acceptors (Lipinski definition) is 4. The van der Waals surface area contributed by atoms with Crippen LogP contribution < -0.4 is 10.2 Å². The minimum Gasteiger partial charge on any atom is -0.371 e. The van der Waals surface area contributed by atoms with Crippen molar-refractivity contribution in [2.45, 2.75) is 32.7 Å². The third kappa shape index (κ3) is 3.44. The van der Waals surface area contributed by atoms with Crippen molar-refractivity contribution in [3.63, 3.8) is 0 Å². The fourth-order valence-corrected chi connectivity index (χ4v) is 3.62. The van der Waals surface area contributed by atoms with Gasteiger partial charge < -0.3 is 10.2 Å². The van der Waals surface area contributed by atoms with Crippen LogP contribution in [0, 0.1) is 6.92 Å². The van der Waals surface area contributed by atoms with Crippen LogP contribution in [0.25, 0.3) is 0 Å². The normalized spacial score (nSPS) is 15.2. The molecule has 3 nitrogen and oxygen atoms in total. The highest BCUT2D eigenvalue weighted by Gasteiger charge is 2.17. The topological polar surface area (TPSA) is 28.2 Å². The predicted molar refractivity (Wildman–Crippen MR) is 90.2 cm³/mol. The zero-order chi connectivity index (χ0) is 14.7. The Labute approximate surface area is 131 Å². The molecule has 1 aromatic heterocycles. The summed E-state index contributed by atoms with van der Waals surface area (Å²) in [6, 6.07) is 9.13. The van der Waals surface area contributed by atoms with Gasteiger partial charge in [0.05, 0.1) is 10.7 Å². The number of anilines is 1. The Morgan fingerprint density at radius 1 is 1.38 bits per heavy atom. The molecule has 21 heavy (non-hydrogen) atoms. The van der Waals surface area contributed by atoms with Crippen molar-refractivity contribution in [1.29, 1.82) is 0 Å². The maximum atomic E-state index is 4.54. The van der Waals surface area contributed by atoms with E-state index in [0.717, 1.165) is 18.1 Å². The van der Waals surface area contributed by atoms with Crippen LogP contribution in [0.15, 0.2) is 29.6 Å². The SMILES string of the molecule is Cc1nc(C(C)NCCCN2CCc3ccccc32)cs1. The highest BCUT2D eigenvalue weighted by atomic mass is 32.1. The Kier molecular flexibility index (Phi) is 4.56. The lowest BCUT2D eigenvalue weighted by molar-refractivity contribution is 0.547. The van der Waals surface area contributed by atoms with Crippen molar-refractivity contribution < 1.29 is 0 Å². The Morgan fingerprint density at radius 2 is 2.24 bits per heavy atom. The van der Waals surface area contributed by atoms with Crippen molar-refractivity contribution in [2.24, 2.45) is 0 Å². The van der Waals surface area contributed by atoms with E-state index in [1.165, 1.54) is 36.3 Å². The summed E-state index contributed by atoms with van der Waals surface area (Å²) in [5.74, 6) is 0. The van der Waals surface area contributed by atoms with Crippen LogP contribution in [0.4, 0.5) is 5.69 Å². The summed E-state index contributed by atoms with van der Waals surface area (Å²) in [7, 11) is 0. The molecule has 1 aliphatic rings. The van der Waals surface area contributed by atoms with E-state index in [1.807, 2.05) is 0 Å². The molecule has 0 saturated heterocycles. The molecule has 1 aromatic carbocycles. The zero-order valence-electron chi connectivity index (χ0n) is 12.8. The van der Waals surface area contributed by atoms with E-state index in [4.69, 9.17) is 0 Å². The van der Waals surface area contributed by atoms with Crippen LogP contribution >= 0.6 is 11.3 Å². The molecular formula is C17H23N3S. The Hall–Kier alpha value is -1.39. The van der Waals surface area contributed by atoms with E-state index in [0.29, 0.717) is 6.04 Å². The van der Waals surface area contributed by atoms with Gasteiger partial charge in [-0.1, -0.05) is 18.2 Å². The molecular weight excluding hydrogens is 278 g/mol. The van der Waals surface area contributed by atoms with Gasteiger partial charge in [-0.25, -0.2) is 4.98 Å². The average molecular weight is 301 g/mol. The van der Waals surface area contributed by atoms with Gasteiger partial charge in [0.15, 0.2) is 0 Å². The molecule has 0 fully saturated rings. The lowest BCUT2D eigenvalue weighted by Gasteiger charge is -2.20. The molecule has 0 spiro atoms. The van der Waals surface area contributed by atoms with Crippen LogP contribution in [0.1, 0.15) is 35.7 Å². The minimum absolute atomic E-state index is 0.348. The maximum absolute atomic E-state index is 4.54. The first-order valence-corrected chi connectivity index (χ1v) is 8.60. The van der Waals surface area contributed by atoms with E-state index in [2.05, 4.69) is 58.7 Å². The lowest BCUT2D eigenvalue weighted by Crippen LogP contribution is -2.27. The minimum atomic E-state index is 0.348. The van der Waals surface area contributed by atoms with Crippen molar-refractivity contribution >= 4 is 17.0 Å². The summed E-state index contributed by atoms with van der Waals surface area (Å²) in [6.45, 7) is 7.59. The van der Waals surface area contributed by atoms with Crippen LogP contribution in [0.3, 0.4) is 0 Å². The standard InChI is InChI=1S/C17H23N3S/c1-13(16-12-21-14(2)19-16)18-9-5-10-20-11-8-15-6-3-4-7-17(15)20/h3-4,6-7,12-13,18H,5,8-11H2,1-2H3. The molecule has 1 atom stereocenters. The second-order valence-electron chi connectivity index (χ2n) is 5.69. The molecule has 4 heteroatoms. The number of rotatable bonds is 6. The smallest absolute Gasteiger partial charge is 0.0898 e. The number of aromatic nitrogens is 1. The summed E-state index contributed by atoms with van der Waals surface area (Å²) < 4.78 is 0. The number of para-hydroxylation sites is 1. The number of aryl methyl sites for hydroxylation is 1. The lowest BCUT2D eigenvalue weighted by atomic mass is 10.2. The number of nitrogens with one attached hydrogen (secondary N) is 1. The third-order valence-electron chi connectivity index (χ3n) is 4.12. The molecule has 2 aromatic rings. The molecule has 2 heterocycles. The fraction of sp³-hybridized carbons (Fsp3) is 0.471. The largest absolute Gasteiger partial charge is 0.371 e. The first-order chi connectivity index (χ1) is 10.2. The van der Waals surface area contributed by atoms with Gasteiger partial charge in [0.25, 0.3) is 0 Å². The van der Waals surface area contributed by atoms with E-state index in [9.17, 15) is 0 Å². The zero-order valence-corrected chi connectivity index (χ0v) is 13.6. The molecule has 1 aliphatic heterocycles. The molecule has 1 N–H and O–H groups in total. The van der Waals surface area contributed by atoms with Crippen molar-refractivity contribution in [1.82, 2.24) is 10.3 Å². The number of thiazole rings is 1. The number of nitrogens with zero attached hydrogens (tertiary/aromatic N) is 2. The predicted octanol–water partition coefficient (Wildman–Crippen LogP) is 3.55. The van der Waals surface area contributed by atoms with E-state index in [1.54, 1.807) is 11.3 Å². The average Bonchev–Trinajstić information content (AvgIpc) is 3.10. The van der Waals surface area contributed by atoms with Crippen LogP contribution in [-0.2, 0) is 6.42 Å². The number of benzene rings is 1. The van der Waals surface area contributed by atoms with Gasteiger partial charge >= 0.3 is 0 Å². The van der Waals surface area contributed by atoms with Gasteiger partial charge in [0, 0.05) is 30.2 Å². The monoisotopic (exact) mass is 301 g/mol. The van der Waals surface area contributed by atoms with E-state index >= 15 is 0 Å². The quantitative estimate of drug-likeness (QED) is 0.827. The molecule has 0 saturated carbocycles. The van der Waals surface area contributed by atoms with Crippen molar-refractivity contribution in [3.8, 4) is 0 Å². The van der Waals surface area contributed by atoms with Crippen molar-refractivity contribution in [3.05, 3.63) is 45.9 Å². The molecule has 0 amide bonds. The molecule has 0 bridgehead atoms. The number of hydrogen-bond donors (Lipinski definition) is 1. The summed E-state index contributed by atoms with van der Waals surface area (Å²) in [4.78, 5) is 7.05. The molecule has 3 rings (SSSR count). The van der Waals surface area contributed by atoms with Gasteiger partial charge in [0.1, 0.15) is 0 Å². The van der Waals surface area contributed by atoms with Gasteiger partial charge in [0.2, 0.25) is 0 Å². The molecule has 112 valence electrons. The third-order valence-corrected chi connectivity index (χ3v) is 4.91. The molecule has 0 radical (unpaired) electrons. The fourth-order valence-electron chi connectivity index (χ4n) is 2.91. The highest BCUT2D eigenvalue weighted by molar-refractivity contribution is 7.09. The molecule has 0 aliphatic carbocycles. The molecule has 1 unspecified atom stereocenters. The van der Waals surface area contributed by atoms with Crippen molar-refractivity contribution in [2.75, 3.05) is 24.5 Å². The Balaban J connectivity index is 1.43. The summed E-state index contributed by atoms with van der Waals surface area (Å²) >= 11 is 1.73. The first kappa shape index (κ1) is 14.5. The van der Waals surface area contributed by atoms with E-state index in [-0.39, 0.29) is 0 Å². The van der Waals surface area contributed by atoms with Gasteiger partial charge in [-0.2, -0.15) is 0 Å². The highest BCUT2D eigenvalue weighted by Crippen LogP contribution is 2.27. The Morgan fingerprint density at radius 3 is 3.05 bits per heavy atom. The second kappa shape index (κ2) is 6.58. The van der Waals surface area contributed by atoms with Crippen LogP contribution in [0.2, 0.25) is 0 Å². The van der Waals surface area contributed by atoms with Crippen LogP contribution in [0.5, 0.6) is 0 Å². The maximum Gasteiger partial charge on any atom is 0.0898 e. The summed E-state index contributed by atoms with van der Waals surface area (Å²) in [6.07, 6.45) is 2.36. The van der Waals surface area contributed by atoms with Gasteiger partial charge in [-0.05, 0) is 44.9 Å². The second-order valence-corrected chi connectivity index (χ2v) is 6.75. The first-order valence-electron chi connectivity index (χ1n) is 7.72. The number of fused-ring (bicyclic) bond motifs is 1.